The Kier molecular flexibility index (Phi) is 5.04. The number of likely N-dealkylation sites (N-methyl/N-ethyl adjacent to an activating group) is 1. The van der Waals surface area contributed by atoms with E-state index >= 15 is 0 Å². The number of carbonyl (C=O) groups excluding carboxylic acids is 2. The molecule has 2 aromatic rings. The van der Waals surface area contributed by atoms with E-state index < -0.39 is 12.6 Å². The van der Waals surface area contributed by atoms with Gasteiger partial charge in [0, 0.05) is 26.6 Å². The highest BCUT2D eigenvalue weighted by Gasteiger charge is 2.24. The van der Waals surface area contributed by atoms with Gasteiger partial charge in [0.15, 0.2) is 6.61 Å². The van der Waals surface area contributed by atoms with Gasteiger partial charge in [-0.05, 0) is 18.9 Å². The first-order valence-electron chi connectivity index (χ1n) is 8.25. The zero-order chi connectivity index (χ0) is 18.8. The number of thiophene rings is 1. The van der Waals surface area contributed by atoms with Gasteiger partial charge in [0.1, 0.15) is 15.5 Å². The number of hydrogen-bond acceptors (Lipinski definition) is 7. The fourth-order valence-corrected chi connectivity index (χ4v) is 4.00. The van der Waals surface area contributed by atoms with Crippen molar-refractivity contribution in [2.45, 2.75) is 32.7 Å². The van der Waals surface area contributed by atoms with Crippen molar-refractivity contribution in [3.8, 4) is 6.07 Å². The Morgan fingerprint density at radius 3 is 2.96 bits per heavy atom. The molecule has 136 valence electrons. The van der Waals surface area contributed by atoms with Crippen LogP contribution in [0.2, 0.25) is 0 Å². The fourth-order valence-electron chi connectivity index (χ4n) is 2.92. The van der Waals surface area contributed by atoms with Crippen molar-refractivity contribution in [1.82, 2.24) is 14.5 Å². The Balaban J connectivity index is 1.78. The van der Waals surface area contributed by atoms with Crippen molar-refractivity contribution < 1.29 is 14.3 Å². The second-order valence-corrected chi connectivity index (χ2v) is 7.12. The van der Waals surface area contributed by atoms with Crippen molar-refractivity contribution >= 4 is 33.4 Å². The summed E-state index contributed by atoms with van der Waals surface area (Å²) in [6, 6.07) is 1.95. The molecule has 0 unspecified atom stereocenters. The largest absolute Gasteiger partial charge is 0.451 e. The predicted molar refractivity (Wildman–Crippen MR) is 95.1 cm³/mol. The minimum Gasteiger partial charge on any atom is -0.451 e. The topological polar surface area (TPSA) is 105 Å². The molecule has 1 aliphatic heterocycles. The van der Waals surface area contributed by atoms with E-state index in [1.807, 2.05) is 6.07 Å². The SMILES string of the molecule is Cc1c(C(=O)OCC(=O)N(C)CCC#N)sc2nc3n(c(=O)c12)CCC3. The van der Waals surface area contributed by atoms with Gasteiger partial charge in [0.05, 0.1) is 17.9 Å². The van der Waals surface area contributed by atoms with Crippen molar-refractivity contribution in [3.05, 3.63) is 26.6 Å². The lowest BCUT2D eigenvalue weighted by atomic mass is 10.2. The normalized spacial score (nSPS) is 12.7. The molecule has 26 heavy (non-hydrogen) atoms. The highest BCUT2D eigenvalue weighted by atomic mass is 32.1. The molecule has 0 saturated heterocycles. The van der Waals surface area contributed by atoms with Crippen LogP contribution in [-0.4, -0.2) is 46.5 Å². The van der Waals surface area contributed by atoms with Crippen LogP contribution in [0.4, 0.5) is 0 Å². The molecule has 3 heterocycles. The van der Waals surface area contributed by atoms with Crippen molar-refractivity contribution in [2.24, 2.45) is 0 Å². The number of fused-ring (bicyclic) bond motifs is 2. The van der Waals surface area contributed by atoms with Gasteiger partial charge in [-0.1, -0.05) is 0 Å². The molecule has 1 aliphatic rings. The molecule has 3 rings (SSSR count). The number of nitrogens with zero attached hydrogens (tertiary/aromatic N) is 4. The molecule has 0 bridgehead atoms. The van der Waals surface area contributed by atoms with Gasteiger partial charge >= 0.3 is 5.97 Å². The van der Waals surface area contributed by atoms with Gasteiger partial charge in [-0.25, -0.2) is 9.78 Å². The minimum absolute atomic E-state index is 0.123. The highest BCUT2D eigenvalue weighted by molar-refractivity contribution is 7.20. The quantitative estimate of drug-likeness (QED) is 0.729. The second-order valence-electron chi connectivity index (χ2n) is 6.12. The van der Waals surface area contributed by atoms with Crippen LogP contribution in [0, 0.1) is 18.3 Å². The molecule has 0 spiro atoms. The van der Waals surface area contributed by atoms with E-state index in [0.29, 0.717) is 27.2 Å². The first-order valence-corrected chi connectivity index (χ1v) is 9.06. The molecular weight excluding hydrogens is 356 g/mol. The Morgan fingerprint density at radius 2 is 2.23 bits per heavy atom. The van der Waals surface area contributed by atoms with Crippen LogP contribution in [-0.2, 0) is 22.5 Å². The Labute approximate surface area is 153 Å². The predicted octanol–water partition coefficient (Wildman–Crippen LogP) is 1.24. The number of esters is 1. The third-order valence-corrected chi connectivity index (χ3v) is 5.57. The smallest absolute Gasteiger partial charge is 0.349 e. The van der Waals surface area contributed by atoms with E-state index in [4.69, 9.17) is 10.00 Å². The van der Waals surface area contributed by atoms with Gasteiger partial charge in [-0.3, -0.25) is 14.2 Å². The van der Waals surface area contributed by atoms with Crippen molar-refractivity contribution in [1.29, 1.82) is 5.26 Å². The summed E-state index contributed by atoms with van der Waals surface area (Å²) in [4.78, 5) is 43.6. The van der Waals surface area contributed by atoms with E-state index in [1.165, 1.54) is 4.90 Å². The second kappa shape index (κ2) is 7.25. The Morgan fingerprint density at radius 1 is 1.46 bits per heavy atom. The number of aromatic nitrogens is 2. The van der Waals surface area contributed by atoms with E-state index in [0.717, 1.165) is 30.0 Å². The van der Waals surface area contributed by atoms with E-state index in [9.17, 15) is 14.4 Å². The standard InChI is InChI=1S/C17H18N4O4S/c1-10-13-15(19-11-5-3-8-21(11)16(13)23)26-14(10)17(24)25-9-12(22)20(2)7-4-6-18/h3-5,7-9H2,1-2H3. The van der Waals surface area contributed by atoms with Gasteiger partial charge in [-0.2, -0.15) is 5.26 Å². The molecule has 1 amide bonds. The van der Waals surface area contributed by atoms with Crippen LogP contribution in [0.3, 0.4) is 0 Å². The molecule has 2 aromatic heterocycles. The first kappa shape index (κ1) is 18.1. The third kappa shape index (κ3) is 3.20. The first-order chi connectivity index (χ1) is 12.4. The summed E-state index contributed by atoms with van der Waals surface area (Å²) < 4.78 is 6.76. The fraction of sp³-hybridized carbons (Fsp3) is 0.471. The van der Waals surface area contributed by atoms with Crippen LogP contribution in [0.15, 0.2) is 4.79 Å². The van der Waals surface area contributed by atoms with Gasteiger partial charge in [0.2, 0.25) is 0 Å². The van der Waals surface area contributed by atoms with Crippen LogP contribution < -0.4 is 5.56 Å². The summed E-state index contributed by atoms with van der Waals surface area (Å²) in [5.41, 5.74) is 0.419. The Bertz CT molecular complexity index is 985. The molecule has 0 aromatic carbocycles. The molecule has 0 atom stereocenters. The minimum atomic E-state index is -0.642. The lowest BCUT2D eigenvalue weighted by molar-refractivity contribution is -0.133. The monoisotopic (exact) mass is 374 g/mol. The van der Waals surface area contributed by atoms with Crippen LogP contribution in [0.1, 0.15) is 33.9 Å². The molecule has 0 fully saturated rings. The highest BCUT2D eigenvalue weighted by Crippen LogP contribution is 2.29. The number of carbonyl (C=O) groups is 2. The van der Waals surface area contributed by atoms with Crippen LogP contribution >= 0.6 is 11.3 Å². The molecule has 0 saturated carbocycles. The third-order valence-electron chi connectivity index (χ3n) is 4.41. The number of aryl methyl sites for hydroxylation is 2. The maximum absolute atomic E-state index is 12.6. The van der Waals surface area contributed by atoms with Gasteiger partial charge in [-0.15, -0.1) is 11.3 Å². The molecular formula is C17H18N4O4S. The lowest BCUT2D eigenvalue weighted by Gasteiger charge is -2.15. The summed E-state index contributed by atoms with van der Waals surface area (Å²) in [6.45, 7) is 2.22. The van der Waals surface area contributed by atoms with E-state index in [-0.39, 0.29) is 24.4 Å². The summed E-state index contributed by atoms with van der Waals surface area (Å²) in [5, 5.41) is 8.99. The van der Waals surface area contributed by atoms with Gasteiger partial charge in [0.25, 0.3) is 11.5 Å². The molecule has 8 nitrogen and oxygen atoms in total. The Hall–Kier alpha value is -2.73. The summed E-state index contributed by atoms with van der Waals surface area (Å²) in [6.07, 6.45) is 1.87. The van der Waals surface area contributed by atoms with Crippen LogP contribution in [0.25, 0.3) is 10.2 Å². The zero-order valence-corrected chi connectivity index (χ0v) is 15.4. The summed E-state index contributed by atoms with van der Waals surface area (Å²) >= 11 is 1.12. The maximum atomic E-state index is 12.6. The van der Waals surface area contributed by atoms with Crippen molar-refractivity contribution in [2.75, 3.05) is 20.2 Å². The van der Waals surface area contributed by atoms with Crippen LogP contribution in [0.5, 0.6) is 0 Å². The lowest BCUT2D eigenvalue weighted by Crippen LogP contribution is -2.31. The van der Waals surface area contributed by atoms with Gasteiger partial charge < -0.3 is 9.64 Å². The molecule has 9 heteroatoms. The maximum Gasteiger partial charge on any atom is 0.349 e. The summed E-state index contributed by atoms with van der Waals surface area (Å²) in [5.74, 6) is -0.278. The molecule has 0 radical (unpaired) electrons. The van der Waals surface area contributed by atoms with Crippen molar-refractivity contribution in [3.63, 3.8) is 0 Å². The van der Waals surface area contributed by atoms with E-state index in [1.54, 1.807) is 18.5 Å². The molecule has 0 aliphatic carbocycles. The summed E-state index contributed by atoms with van der Waals surface area (Å²) in [7, 11) is 1.55. The van der Waals surface area contributed by atoms with E-state index in [2.05, 4.69) is 4.98 Å². The molecule has 0 N–H and O–H groups in total. The number of hydrogen-bond donors (Lipinski definition) is 0. The number of amides is 1. The number of rotatable bonds is 5. The average molecular weight is 374 g/mol. The average Bonchev–Trinajstić information content (AvgIpc) is 3.22. The number of nitriles is 1. The zero-order valence-electron chi connectivity index (χ0n) is 14.6. The number of ether oxygens (including phenoxy) is 1.